The van der Waals surface area contributed by atoms with Gasteiger partial charge in [0.1, 0.15) is 0 Å². The normalized spacial score (nSPS) is 15.3. The smallest absolute Gasteiger partial charge is 0.0492 e. The quantitative estimate of drug-likeness (QED) is 0.449. The second-order valence-corrected chi connectivity index (χ2v) is 6.77. The Labute approximate surface area is 116 Å². The van der Waals surface area contributed by atoms with E-state index in [0.29, 0.717) is 5.92 Å². The van der Waals surface area contributed by atoms with E-state index in [9.17, 15) is 0 Å². The molecule has 0 radical (unpaired) electrons. The molecular weight excluding hydrogens is 244 g/mol. The van der Waals surface area contributed by atoms with Crippen molar-refractivity contribution in [3.8, 4) is 0 Å². The highest BCUT2D eigenvalue weighted by Crippen LogP contribution is 2.29. The highest BCUT2D eigenvalue weighted by atomic mass is 32.2. The van der Waals surface area contributed by atoms with Crippen LogP contribution in [0.4, 0.5) is 0 Å². The van der Waals surface area contributed by atoms with Gasteiger partial charge in [-0.1, -0.05) is 60.3 Å². The minimum Gasteiger partial charge on any atom is -0.0995 e. The summed E-state index contributed by atoms with van der Waals surface area (Å²) in [4.78, 5) is 1.34. The molecule has 0 aliphatic heterocycles. The lowest BCUT2D eigenvalue weighted by Crippen LogP contribution is -2.00. The monoisotopic (exact) mass is 268 g/mol. The maximum absolute atomic E-state index is 5.14. The lowest BCUT2D eigenvalue weighted by Gasteiger charge is -2.16. The van der Waals surface area contributed by atoms with Crippen LogP contribution in [0.5, 0.6) is 0 Å². The molecule has 0 aliphatic carbocycles. The molecule has 0 saturated heterocycles. The fraction of sp³-hybridized carbons (Fsp3) is 0.533. The number of thioether (sulfide) groups is 1. The Morgan fingerprint density at radius 1 is 1.29 bits per heavy atom. The molecule has 2 heteroatoms. The van der Waals surface area contributed by atoms with Crippen LogP contribution in [-0.4, -0.2) is 4.20 Å². The highest BCUT2D eigenvalue weighted by Gasteiger charge is 2.09. The zero-order chi connectivity index (χ0) is 13.6. The number of rotatable bonds is 5. The molecule has 1 unspecified atom stereocenters. The molecule has 0 heterocycles. The third kappa shape index (κ3) is 6.23. The first-order valence-corrected chi connectivity index (χ1v) is 7.17. The maximum Gasteiger partial charge on any atom is 0.0492 e. The summed E-state index contributed by atoms with van der Waals surface area (Å²) in [6.45, 7) is 16.8. The van der Waals surface area contributed by atoms with E-state index in [1.54, 1.807) is 11.8 Å². The van der Waals surface area contributed by atoms with Crippen molar-refractivity contribution >= 4 is 28.2 Å². The van der Waals surface area contributed by atoms with E-state index in [2.05, 4.69) is 47.3 Å². The van der Waals surface area contributed by atoms with Gasteiger partial charge in [0.2, 0.25) is 0 Å². The van der Waals surface area contributed by atoms with Crippen molar-refractivity contribution in [3.05, 3.63) is 34.3 Å². The van der Waals surface area contributed by atoms with Crippen LogP contribution in [0.2, 0.25) is 0 Å². The lowest BCUT2D eigenvalue weighted by molar-refractivity contribution is 0.784. The fourth-order valence-corrected chi connectivity index (χ4v) is 2.62. The van der Waals surface area contributed by atoms with Crippen LogP contribution in [0.1, 0.15) is 48.0 Å². The van der Waals surface area contributed by atoms with Crippen LogP contribution in [0, 0.1) is 5.92 Å². The molecule has 0 spiro atoms. The van der Waals surface area contributed by atoms with Crippen molar-refractivity contribution in [2.75, 3.05) is 0 Å². The summed E-state index contributed by atoms with van der Waals surface area (Å²) in [7, 11) is 0. The van der Waals surface area contributed by atoms with E-state index in [1.807, 2.05) is 6.92 Å². The minimum absolute atomic E-state index is 0.465. The van der Waals surface area contributed by atoms with Crippen molar-refractivity contribution in [1.29, 1.82) is 0 Å². The third-order valence-electron chi connectivity index (χ3n) is 3.10. The Balaban J connectivity index is 4.81. The third-order valence-corrected chi connectivity index (χ3v) is 4.28. The molecule has 0 bridgehead atoms. The standard InChI is InChI=1S/C15H24S2/c1-8-15(17-14(7)16)9-11(4)13(6)12(5)10(2)3/h8,12H,2,9H2,1,3-7H3/b13-11-,15-8-. The van der Waals surface area contributed by atoms with E-state index in [0.717, 1.165) is 10.6 Å². The maximum atomic E-state index is 5.14. The van der Waals surface area contributed by atoms with Gasteiger partial charge < -0.3 is 0 Å². The van der Waals surface area contributed by atoms with Crippen molar-refractivity contribution < 1.29 is 0 Å². The first-order valence-electron chi connectivity index (χ1n) is 5.94. The summed E-state index contributed by atoms with van der Waals surface area (Å²) in [6.07, 6.45) is 3.15. The van der Waals surface area contributed by atoms with E-state index in [-0.39, 0.29) is 0 Å². The first-order chi connectivity index (χ1) is 7.79. The predicted molar refractivity (Wildman–Crippen MR) is 86.6 cm³/mol. The topological polar surface area (TPSA) is 0 Å². The predicted octanol–water partition coefficient (Wildman–Crippen LogP) is 5.91. The number of hydrogen-bond donors (Lipinski definition) is 0. The molecule has 0 nitrogen and oxygen atoms in total. The Hall–Kier alpha value is -0.340. The number of allylic oxidation sites excluding steroid dienone is 5. The zero-order valence-electron chi connectivity index (χ0n) is 11.9. The summed E-state index contributed by atoms with van der Waals surface area (Å²) in [5, 5.41) is 0. The van der Waals surface area contributed by atoms with E-state index >= 15 is 0 Å². The van der Waals surface area contributed by atoms with Gasteiger partial charge >= 0.3 is 0 Å². The Morgan fingerprint density at radius 3 is 2.18 bits per heavy atom. The number of hydrogen-bond acceptors (Lipinski definition) is 2. The van der Waals surface area contributed by atoms with Crippen molar-refractivity contribution in [1.82, 2.24) is 0 Å². The Bertz CT molecular complexity index is 359. The van der Waals surface area contributed by atoms with E-state index in [4.69, 9.17) is 12.2 Å². The molecule has 0 fully saturated rings. The molecule has 0 N–H and O–H groups in total. The van der Waals surface area contributed by atoms with E-state index < -0.39 is 0 Å². The van der Waals surface area contributed by atoms with Gasteiger partial charge in [-0.25, -0.2) is 0 Å². The van der Waals surface area contributed by atoms with Crippen LogP contribution in [0.25, 0.3) is 0 Å². The first kappa shape index (κ1) is 16.7. The molecule has 0 saturated carbocycles. The summed E-state index contributed by atoms with van der Waals surface area (Å²) in [5.41, 5.74) is 4.08. The van der Waals surface area contributed by atoms with Gasteiger partial charge in [0.05, 0.1) is 0 Å². The molecule has 17 heavy (non-hydrogen) atoms. The lowest BCUT2D eigenvalue weighted by atomic mass is 9.91. The van der Waals surface area contributed by atoms with Crippen LogP contribution in [0.3, 0.4) is 0 Å². The number of thiocarbonyl (C=S) groups is 1. The SMILES string of the molecule is C=C(C)C(C)/C(C)=C(/C)C/C(=C/C)SC(C)=S. The van der Waals surface area contributed by atoms with Crippen LogP contribution in [-0.2, 0) is 0 Å². The largest absolute Gasteiger partial charge is 0.0995 e. The average molecular weight is 268 g/mol. The van der Waals surface area contributed by atoms with Gasteiger partial charge in [0.25, 0.3) is 0 Å². The highest BCUT2D eigenvalue weighted by molar-refractivity contribution is 8.25. The van der Waals surface area contributed by atoms with Crippen LogP contribution >= 0.6 is 24.0 Å². The Morgan fingerprint density at radius 2 is 1.82 bits per heavy atom. The summed E-state index contributed by atoms with van der Waals surface area (Å²) in [6, 6.07) is 0. The van der Waals surface area contributed by atoms with Gasteiger partial charge in [0, 0.05) is 4.20 Å². The average Bonchev–Trinajstić information content (AvgIpc) is 2.24. The molecule has 0 aliphatic rings. The summed E-state index contributed by atoms with van der Waals surface area (Å²) < 4.78 is 0.983. The molecule has 0 aromatic carbocycles. The second kappa shape index (κ2) is 7.88. The molecule has 1 atom stereocenters. The Kier molecular flexibility index (Phi) is 7.73. The van der Waals surface area contributed by atoms with Crippen LogP contribution < -0.4 is 0 Å². The molecule has 0 amide bonds. The molecular formula is C15H24S2. The van der Waals surface area contributed by atoms with Crippen molar-refractivity contribution in [2.24, 2.45) is 5.92 Å². The van der Waals surface area contributed by atoms with Gasteiger partial charge in [-0.2, -0.15) is 0 Å². The van der Waals surface area contributed by atoms with Gasteiger partial charge in [0.15, 0.2) is 0 Å². The van der Waals surface area contributed by atoms with Gasteiger partial charge in [-0.05, 0) is 51.9 Å². The molecule has 0 aromatic rings. The van der Waals surface area contributed by atoms with Crippen molar-refractivity contribution in [3.63, 3.8) is 0 Å². The van der Waals surface area contributed by atoms with Gasteiger partial charge in [-0.15, -0.1) is 0 Å². The summed E-state index contributed by atoms with van der Waals surface area (Å²) in [5.74, 6) is 0.465. The molecule has 96 valence electrons. The molecule has 0 rings (SSSR count). The zero-order valence-corrected chi connectivity index (χ0v) is 13.5. The van der Waals surface area contributed by atoms with E-state index in [1.165, 1.54) is 21.6 Å². The molecule has 0 aromatic heterocycles. The second-order valence-electron chi connectivity index (χ2n) is 4.56. The fourth-order valence-electron chi connectivity index (χ4n) is 1.52. The van der Waals surface area contributed by atoms with Crippen LogP contribution in [0.15, 0.2) is 34.3 Å². The minimum atomic E-state index is 0.465. The summed E-state index contributed by atoms with van der Waals surface area (Å²) >= 11 is 6.84. The van der Waals surface area contributed by atoms with Gasteiger partial charge in [-0.3, -0.25) is 0 Å². The van der Waals surface area contributed by atoms with Crippen molar-refractivity contribution in [2.45, 2.75) is 48.0 Å².